The third kappa shape index (κ3) is 1.42. The lowest BCUT2D eigenvalue weighted by Crippen LogP contribution is -2.19. The predicted molar refractivity (Wildman–Crippen MR) is 44.9 cm³/mol. The summed E-state index contributed by atoms with van der Waals surface area (Å²) >= 11 is 1.18. The molecule has 0 unspecified atom stereocenters. The first-order chi connectivity index (χ1) is 6.29. The number of carbonyl (C=O) groups excluding carboxylic acids is 2. The molecule has 0 N–H and O–H groups in total. The molecule has 1 aromatic heterocycles. The molecule has 13 heavy (non-hydrogen) atoms. The van der Waals surface area contributed by atoms with Crippen LogP contribution in [0.15, 0.2) is 11.4 Å². The first-order valence-corrected chi connectivity index (χ1v) is 4.59. The van der Waals surface area contributed by atoms with Gasteiger partial charge in [0.15, 0.2) is 0 Å². The summed E-state index contributed by atoms with van der Waals surface area (Å²) in [6.07, 6.45) is 0. The van der Waals surface area contributed by atoms with Crippen LogP contribution >= 0.6 is 11.3 Å². The minimum atomic E-state index is -0.451. The first-order valence-electron chi connectivity index (χ1n) is 3.71. The second kappa shape index (κ2) is 3.18. The van der Waals surface area contributed by atoms with Crippen LogP contribution in [0.3, 0.4) is 0 Å². The number of hydrogen-bond acceptors (Lipinski definition) is 5. The van der Waals surface area contributed by atoms with E-state index in [2.05, 4.69) is 0 Å². The molecule has 0 saturated carbocycles. The lowest BCUT2D eigenvalue weighted by Gasteiger charge is -2.09. The van der Waals surface area contributed by atoms with Gasteiger partial charge in [0.1, 0.15) is 18.1 Å². The second-order valence-electron chi connectivity index (χ2n) is 2.44. The van der Waals surface area contributed by atoms with Gasteiger partial charge in [0.05, 0.1) is 5.56 Å². The van der Waals surface area contributed by atoms with Gasteiger partial charge >= 0.3 is 11.9 Å². The number of carbonyl (C=O) groups is 2. The van der Waals surface area contributed by atoms with Gasteiger partial charge in [-0.15, -0.1) is 11.3 Å². The number of ether oxygens (including phenoxy) is 2. The monoisotopic (exact) mass is 198 g/mol. The zero-order valence-electron chi connectivity index (χ0n) is 6.61. The molecule has 1 aromatic rings. The Morgan fingerprint density at radius 2 is 1.85 bits per heavy atom. The van der Waals surface area contributed by atoms with Crippen molar-refractivity contribution in [1.29, 1.82) is 0 Å². The van der Waals surface area contributed by atoms with Crippen molar-refractivity contribution < 1.29 is 19.1 Å². The minimum Gasteiger partial charge on any atom is -0.458 e. The van der Waals surface area contributed by atoms with Gasteiger partial charge in [-0.2, -0.15) is 0 Å². The Labute approximate surface area is 78.1 Å². The molecule has 1 aliphatic rings. The fraction of sp³-hybridized carbons (Fsp3) is 0.250. The molecule has 1 aliphatic heterocycles. The van der Waals surface area contributed by atoms with Gasteiger partial charge in [-0.3, -0.25) is 0 Å². The Hall–Kier alpha value is -1.36. The van der Waals surface area contributed by atoms with E-state index in [1.165, 1.54) is 11.3 Å². The number of thiophene rings is 1. The van der Waals surface area contributed by atoms with E-state index in [-0.39, 0.29) is 13.2 Å². The van der Waals surface area contributed by atoms with Gasteiger partial charge in [0, 0.05) is 0 Å². The zero-order valence-corrected chi connectivity index (χ0v) is 7.43. The molecular weight excluding hydrogens is 192 g/mol. The molecular formula is C8H6O4S. The van der Waals surface area contributed by atoms with Gasteiger partial charge in [0.25, 0.3) is 0 Å². The van der Waals surface area contributed by atoms with E-state index < -0.39 is 11.9 Å². The summed E-state index contributed by atoms with van der Waals surface area (Å²) in [6, 6.07) is 1.56. The summed E-state index contributed by atoms with van der Waals surface area (Å²) < 4.78 is 9.62. The summed E-state index contributed by atoms with van der Waals surface area (Å²) in [5.41, 5.74) is 0.301. The van der Waals surface area contributed by atoms with E-state index in [0.29, 0.717) is 10.4 Å². The Morgan fingerprint density at radius 1 is 1.15 bits per heavy atom. The van der Waals surface area contributed by atoms with E-state index in [1.807, 2.05) is 0 Å². The summed E-state index contributed by atoms with van der Waals surface area (Å²) in [6.45, 7) is 0.252. The highest BCUT2D eigenvalue weighted by molar-refractivity contribution is 7.12. The van der Waals surface area contributed by atoms with Crippen molar-refractivity contribution in [2.45, 2.75) is 0 Å². The molecule has 0 bridgehead atoms. The van der Waals surface area contributed by atoms with Gasteiger partial charge < -0.3 is 9.47 Å². The van der Waals surface area contributed by atoms with E-state index >= 15 is 0 Å². The highest BCUT2D eigenvalue weighted by Gasteiger charge is 2.23. The van der Waals surface area contributed by atoms with E-state index in [0.717, 1.165) is 0 Å². The van der Waals surface area contributed by atoms with Crippen LogP contribution < -0.4 is 0 Å². The lowest BCUT2D eigenvalue weighted by molar-refractivity contribution is 0.0230. The third-order valence-electron chi connectivity index (χ3n) is 1.62. The summed E-state index contributed by atoms with van der Waals surface area (Å²) in [5.74, 6) is -0.894. The smallest absolute Gasteiger partial charge is 0.349 e. The van der Waals surface area contributed by atoms with E-state index in [4.69, 9.17) is 9.47 Å². The number of rotatable bonds is 0. The fourth-order valence-electron chi connectivity index (χ4n) is 1.04. The predicted octanol–water partition coefficient (Wildman–Crippen LogP) is 1.08. The maximum Gasteiger partial charge on any atom is 0.349 e. The molecule has 0 spiro atoms. The molecule has 0 saturated heterocycles. The standard InChI is InChI=1S/C8H6O4S/c9-7-5-1-4-13-6(5)8(10)12-3-2-11-7/h1,4H,2-3H2. The van der Waals surface area contributed by atoms with E-state index in [9.17, 15) is 9.59 Å². The lowest BCUT2D eigenvalue weighted by atomic mass is 10.2. The molecule has 2 heterocycles. The van der Waals surface area contributed by atoms with Crippen LogP contribution in [0.25, 0.3) is 0 Å². The second-order valence-corrected chi connectivity index (χ2v) is 3.35. The number of fused-ring (bicyclic) bond motifs is 1. The van der Waals surface area contributed by atoms with Crippen LogP contribution in [0.4, 0.5) is 0 Å². The number of esters is 2. The molecule has 2 rings (SSSR count). The van der Waals surface area contributed by atoms with Crippen molar-refractivity contribution in [2.75, 3.05) is 13.2 Å². The topological polar surface area (TPSA) is 52.6 Å². The summed E-state index contributed by atoms with van der Waals surface area (Å²) in [4.78, 5) is 22.8. The van der Waals surface area contributed by atoms with Crippen LogP contribution in [-0.4, -0.2) is 25.2 Å². The zero-order chi connectivity index (χ0) is 9.26. The molecule has 0 radical (unpaired) electrons. The molecule has 0 amide bonds. The highest BCUT2D eigenvalue weighted by Crippen LogP contribution is 2.20. The first kappa shape index (κ1) is 8.25. The fourth-order valence-corrected chi connectivity index (χ4v) is 1.81. The van der Waals surface area contributed by atoms with Crippen molar-refractivity contribution in [1.82, 2.24) is 0 Å². The number of hydrogen-bond donors (Lipinski definition) is 0. The normalized spacial score (nSPS) is 16.6. The van der Waals surface area contributed by atoms with Gasteiger partial charge in [0.2, 0.25) is 0 Å². The molecule has 68 valence electrons. The van der Waals surface area contributed by atoms with Gasteiger partial charge in [-0.1, -0.05) is 0 Å². The summed E-state index contributed by atoms with van der Waals surface area (Å²) in [7, 11) is 0. The van der Waals surface area contributed by atoms with Crippen molar-refractivity contribution >= 4 is 23.3 Å². The van der Waals surface area contributed by atoms with E-state index in [1.54, 1.807) is 11.4 Å². The molecule has 5 heteroatoms. The Balaban J connectivity index is 2.44. The largest absolute Gasteiger partial charge is 0.458 e. The van der Waals surface area contributed by atoms with Crippen molar-refractivity contribution in [3.8, 4) is 0 Å². The maximum absolute atomic E-state index is 11.2. The SMILES string of the molecule is O=C1OCCOC(=O)c2sccc21. The van der Waals surface area contributed by atoms with Crippen LogP contribution in [0.5, 0.6) is 0 Å². The third-order valence-corrected chi connectivity index (χ3v) is 2.51. The molecule has 0 aliphatic carbocycles. The Morgan fingerprint density at radius 3 is 2.62 bits per heavy atom. The van der Waals surface area contributed by atoms with Crippen molar-refractivity contribution in [3.63, 3.8) is 0 Å². The molecule has 0 aromatic carbocycles. The molecule has 4 nitrogen and oxygen atoms in total. The Kier molecular flexibility index (Phi) is 2.02. The van der Waals surface area contributed by atoms with Crippen LogP contribution in [0, 0.1) is 0 Å². The van der Waals surface area contributed by atoms with Crippen LogP contribution in [0.2, 0.25) is 0 Å². The number of cyclic esters (lactones) is 2. The quantitative estimate of drug-likeness (QED) is 0.585. The van der Waals surface area contributed by atoms with Crippen molar-refractivity contribution in [2.24, 2.45) is 0 Å². The average Bonchev–Trinajstić information content (AvgIpc) is 2.57. The van der Waals surface area contributed by atoms with Gasteiger partial charge in [-0.05, 0) is 11.4 Å². The highest BCUT2D eigenvalue weighted by atomic mass is 32.1. The molecule has 0 fully saturated rings. The summed E-state index contributed by atoms with van der Waals surface area (Å²) in [5, 5.41) is 1.67. The van der Waals surface area contributed by atoms with Crippen LogP contribution in [-0.2, 0) is 9.47 Å². The average molecular weight is 198 g/mol. The minimum absolute atomic E-state index is 0.125. The van der Waals surface area contributed by atoms with Crippen LogP contribution in [0.1, 0.15) is 20.0 Å². The maximum atomic E-state index is 11.2. The Bertz CT molecular complexity index is 322. The van der Waals surface area contributed by atoms with Gasteiger partial charge in [-0.25, -0.2) is 9.59 Å². The van der Waals surface area contributed by atoms with Crippen molar-refractivity contribution in [3.05, 3.63) is 21.9 Å². The molecule has 0 atom stereocenters.